The predicted molar refractivity (Wildman–Crippen MR) is 79.3 cm³/mol. The molecule has 0 bridgehead atoms. The Hall–Kier alpha value is -0.940. The number of rotatable bonds is 6. The molecule has 1 aromatic rings. The third kappa shape index (κ3) is 3.04. The van der Waals surface area contributed by atoms with Crippen molar-refractivity contribution in [2.24, 2.45) is 5.92 Å². The van der Waals surface area contributed by atoms with Crippen LogP contribution in [0.2, 0.25) is 0 Å². The van der Waals surface area contributed by atoms with Crippen molar-refractivity contribution in [1.29, 1.82) is 0 Å². The second-order valence-corrected chi connectivity index (χ2v) is 6.25. The highest BCUT2D eigenvalue weighted by Gasteiger charge is 2.38. The Bertz CT molecular complexity index is 426. The molecule has 2 heterocycles. The van der Waals surface area contributed by atoms with Crippen LogP contribution in [0.1, 0.15) is 45.4 Å². The zero-order chi connectivity index (χ0) is 13.9. The summed E-state index contributed by atoms with van der Waals surface area (Å²) in [5, 5.41) is 8.06. The van der Waals surface area contributed by atoms with Gasteiger partial charge in [-0.2, -0.15) is 5.10 Å². The van der Waals surface area contributed by atoms with Crippen LogP contribution < -0.4 is 5.32 Å². The molecule has 0 spiro atoms. The average Bonchev–Trinajstić information content (AvgIpc) is 3.22. The fourth-order valence-corrected chi connectivity index (χ4v) is 3.29. The van der Waals surface area contributed by atoms with Gasteiger partial charge in [0.25, 0.3) is 0 Å². The van der Waals surface area contributed by atoms with E-state index in [-0.39, 0.29) is 0 Å². The Balaban J connectivity index is 1.69. The van der Waals surface area contributed by atoms with E-state index in [9.17, 15) is 0 Å². The van der Waals surface area contributed by atoms with Crippen molar-refractivity contribution in [3.8, 4) is 0 Å². The van der Waals surface area contributed by atoms with Gasteiger partial charge in [-0.1, -0.05) is 13.8 Å². The number of aromatic nitrogens is 3. The summed E-state index contributed by atoms with van der Waals surface area (Å²) in [4.78, 5) is 7.14. The number of nitrogens with one attached hydrogen (secondary N) is 1. The van der Waals surface area contributed by atoms with Crippen molar-refractivity contribution in [2.75, 3.05) is 13.1 Å². The van der Waals surface area contributed by atoms with E-state index in [1.165, 1.54) is 19.3 Å². The summed E-state index contributed by atoms with van der Waals surface area (Å²) in [5.74, 6) is 2.04. The fraction of sp³-hybridized carbons (Fsp3) is 0.867. The zero-order valence-electron chi connectivity index (χ0n) is 12.8. The van der Waals surface area contributed by atoms with Gasteiger partial charge in [0.15, 0.2) is 0 Å². The molecule has 1 saturated carbocycles. The summed E-state index contributed by atoms with van der Waals surface area (Å²) in [6.45, 7) is 8.69. The van der Waals surface area contributed by atoms with Crippen molar-refractivity contribution >= 4 is 0 Å². The van der Waals surface area contributed by atoms with Crippen molar-refractivity contribution in [3.05, 3.63) is 12.2 Å². The van der Waals surface area contributed by atoms with E-state index < -0.39 is 0 Å². The van der Waals surface area contributed by atoms with Gasteiger partial charge in [-0.15, -0.1) is 0 Å². The van der Waals surface area contributed by atoms with E-state index in [1.807, 2.05) is 0 Å². The molecule has 1 aromatic heterocycles. The van der Waals surface area contributed by atoms with Gasteiger partial charge in [0.2, 0.25) is 0 Å². The third-order valence-corrected chi connectivity index (χ3v) is 4.67. The Kier molecular flexibility index (Phi) is 4.36. The first-order chi connectivity index (χ1) is 9.81. The number of piperazine rings is 1. The van der Waals surface area contributed by atoms with Crippen molar-refractivity contribution in [2.45, 2.75) is 64.7 Å². The van der Waals surface area contributed by atoms with Gasteiger partial charge in [0.1, 0.15) is 12.2 Å². The molecule has 1 aliphatic heterocycles. The molecule has 3 rings (SSSR count). The topological polar surface area (TPSA) is 46.0 Å². The minimum atomic E-state index is 0.632. The summed E-state index contributed by atoms with van der Waals surface area (Å²) in [5.41, 5.74) is 0. The van der Waals surface area contributed by atoms with Crippen LogP contribution in [0, 0.1) is 5.92 Å². The first-order valence-corrected chi connectivity index (χ1v) is 8.16. The fourth-order valence-electron chi connectivity index (χ4n) is 3.29. The minimum absolute atomic E-state index is 0.632. The van der Waals surface area contributed by atoms with Gasteiger partial charge in [-0.3, -0.25) is 4.90 Å². The maximum atomic E-state index is 4.48. The van der Waals surface area contributed by atoms with Crippen LogP contribution in [0.15, 0.2) is 6.33 Å². The molecule has 20 heavy (non-hydrogen) atoms. The monoisotopic (exact) mass is 277 g/mol. The van der Waals surface area contributed by atoms with Crippen LogP contribution in [0.25, 0.3) is 0 Å². The molecule has 112 valence electrons. The van der Waals surface area contributed by atoms with Crippen LogP contribution in [0.3, 0.4) is 0 Å². The van der Waals surface area contributed by atoms with E-state index in [1.54, 1.807) is 6.33 Å². The van der Waals surface area contributed by atoms with Gasteiger partial charge in [0, 0.05) is 31.7 Å². The number of hydrogen-bond acceptors (Lipinski definition) is 4. The van der Waals surface area contributed by atoms with E-state index in [2.05, 4.69) is 38.8 Å². The molecule has 0 aromatic carbocycles. The second-order valence-electron chi connectivity index (χ2n) is 6.25. The van der Waals surface area contributed by atoms with Crippen molar-refractivity contribution < 1.29 is 0 Å². The van der Waals surface area contributed by atoms with Gasteiger partial charge >= 0.3 is 0 Å². The second kappa shape index (κ2) is 6.22. The molecular weight excluding hydrogens is 250 g/mol. The molecule has 0 radical (unpaired) electrons. The largest absolute Gasteiger partial charge is 0.311 e. The molecule has 5 heteroatoms. The third-order valence-electron chi connectivity index (χ3n) is 4.67. The maximum absolute atomic E-state index is 4.48. The quantitative estimate of drug-likeness (QED) is 0.859. The lowest BCUT2D eigenvalue weighted by molar-refractivity contribution is 0.101. The number of nitrogens with zero attached hydrogens (tertiary/aromatic N) is 4. The normalized spacial score (nSPS) is 27.9. The van der Waals surface area contributed by atoms with Crippen LogP contribution in [0.5, 0.6) is 0 Å². The summed E-state index contributed by atoms with van der Waals surface area (Å²) < 4.78 is 2.08. The van der Waals surface area contributed by atoms with E-state index >= 15 is 0 Å². The molecule has 0 amide bonds. The van der Waals surface area contributed by atoms with Crippen molar-refractivity contribution in [3.63, 3.8) is 0 Å². The predicted octanol–water partition coefficient (Wildman–Crippen LogP) is 1.65. The highest BCUT2D eigenvalue weighted by molar-refractivity contribution is 4.97. The molecular formula is C15H27N5. The minimum Gasteiger partial charge on any atom is -0.311 e. The van der Waals surface area contributed by atoms with Gasteiger partial charge in [-0.05, 0) is 31.6 Å². The van der Waals surface area contributed by atoms with E-state index in [0.29, 0.717) is 12.1 Å². The molecule has 1 aliphatic carbocycles. The molecule has 2 fully saturated rings. The molecule has 2 atom stereocenters. The Morgan fingerprint density at radius 3 is 2.90 bits per heavy atom. The lowest BCUT2D eigenvalue weighted by atomic mass is 10.0. The van der Waals surface area contributed by atoms with Gasteiger partial charge < -0.3 is 5.32 Å². The zero-order valence-corrected chi connectivity index (χ0v) is 12.8. The maximum Gasteiger partial charge on any atom is 0.141 e. The highest BCUT2D eigenvalue weighted by atomic mass is 15.4. The van der Waals surface area contributed by atoms with Gasteiger partial charge in [-0.25, -0.2) is 9.67 Å². The summed E-state index contributed by atoms with van der Waals surface area (Å²) >= 11 is 0. The summed E-state index contributed by atoms with van der Waals surface area (Å²) in [6.07, 6.45) is 6.83. The molecule has 2 unspecified atom stereocenters. The lowest BCUT2D eigenvalue weighted by Gasteiger charge is -2.40. The van der Waals surface area contributed by atoms with Crippen LogP contribution in [-0.4, -0.2) is 44.8 Å². The smallest absolute Gasteiger partial charge is 0.141 e. The first kappa shape index (κ1) is 14.0. The number of hydrogen-bond donors (Lipinski definition) is 1. The Labute approximate surface area is 121 Å². The molecule has 2 aliphatic rings. The average molecular weight is 277 g/mol. The van der Waals surface area contributed by atoms with Crippen LogP contribution in [0.4, 0.5) is 0 Å². The molecule has 1 N–H and O–H groups in total. The Morgan fingerprint density at radius 2 is 2.20 bits per heavy atom. The lowest BCUT2D eigenvalue weighted by Crippen LogP contribution is -2.56. The summed E-state index contributed by atoms with van der Waals surface area (Å²) in [6, 6.07) is 1.33. The first-order valence-electron chi connectivity index (χ1n) is 8.16. The van der Waals surface area contributed by atoms with Gasteiger partial charge in [0.05, 0.1) is 6.54 Å². The van der Waals surface area contributed by atoms with Crippen LogP contribution >= 0.6 is 0 Å². The Morgan fingerprint density at radius 1 is 1.35 bits per heavy atom. The van der Waals surface area contributed by atoms with Crippen molar-refractivity contribution in [1.82, 2.24) is 25.0 Å². The van der Waals surface area contributed by atoms with Crippen LogP contribution in [-0.2, 0) is 13.1 Å². The SMILES string of the molecule is CCCn1ncnc1CN1CC(CC)NCC1C1CC1. The van der Waals surface area contributed by atoms with E-state index in [0.717, 1.165) is 44.3 Å². The standard InChI is InChI=1S/C15H27N5/c1-3-7-20-15(17-11-18-20)10-19-9-13(4-2)16-8-14(19)12-5-6-12/h11-14,16H,3-10H2,1-2H3. The molecule has 5 nitrogen and oxygen atoms in total. The number of aryl methyl sites for hydroxylation is 1. The summed E-state index contributed by atoms with van der Waals surface area (Å²) in [7, 11) is 0. The van der Waals surface area contributed by atoms with E-state index in [4.69, 9.17) is 0 Å². The molecule has 1 saturated heterocycles. The highest BCUT2D eigenvalue weighted by Crippen LogP contribution is 2.36.